The number of hydrogen-bond donors (Lipinski definition) is 2. The molecule has 3 rings (SSSR count). The molecular formula is C25H29N3O. The molecule has 0 aromatic heterocycles. The molecule has 0 aliphatic carbocycles. The van der Waals surface area contributed by atoms with Gasteiger partial charge in [0.15, 0.2) is 5.96 Å². The van der Waals surface area contributed by atoms with E-state index in [2.05, 4.69) is 45.0 Å². The highest BCUT2D eigenvalue weighted by atomic mass is 16.5. The fourth-order valence-corrected chi connectivity index (χ4v) is 3.07. The lowest BCUT2D eigenvalue weighted by Crippen LogP contribution is -2.35. The van der Waals surface area contributed by atoms with Gasteiger partial charge in [-0.15, -0.1) is 0 Å². The number of nitrogens with one attached hydrogen (secondary N) is 1. The molecule has 4 heteroatoms. The summed E-state index contributed by atoms with van der Waals surface area (Å²) in [5.74, 6) is 0.804. The largest absolute Gasteiger partial charge is 0.489 e. The van der Waals surface area contributed by atoms with Gasteiger partial charge in [0.25, 0.3) is 0 Å². The fourth-order valence-electron chi connectivity index (χ4n) is 3.07. The molecule has 0 spiro atoms. The topological polar surface area (TPSA) is 62.3 Å². The van der Waals surface area contributed by atoms with E-state index in [0.717, 1.165) is 22.6 Å². The third-order valence-electron chi connectivity index (χ3n) is 4.85. The second-order valence-electron chi connectivity index (χ2n) is 8.19. The van der Waals surface area contributed by atoms with Gasteiger partial charge in [0, 0.05) is 5.69 Å². The number of nitrogens with zero attached hydrogens (tertiary/aromatic N) is 1. The van der Waals surface area contributed by atoms with Crippen molar-refractivity contribution in [2.75, 3.05) is 4.90 Å². The van der Waals surface area contributed by atoms with Crippen LogP contribution >= 0.6 is 0 Å². The van der Waals surface area contributed by atoms with Gasteiger partial charge in [-0.05, 0) is 46.4 Å². The van der Waals surface area contributed by atoms with Crippen molar-refractivity contribution in [3.05, 3.63) is 95.6 Å². The van der Waals surface area contributed by atoms with E-state index >= 15 is 0 Å². The van der Waals surface area contributed by atoms with E-state index in [1.54, 1.807) is 4.90 Å². The third-order valence-corrected chi connectivity index (χ3v) is 4.85. The lowest BCUT2D eigenvalue weighted by atomic mass is 9.87. The number of ether oxygens (including phenoxy) is 1. The molecule has 0 aliphatic rings. The van der Waals surface area contributed by atoms with Crippen LogP contribution in [-0.2, 0) is 18.6 Å². The average molecular weight is 388 g/mol. The lowest BCUT2D eigenvalue weighted by molar-refractivity contribution is 0.306. The molecule has 3 aromatic rings. The molecule has 4 nitrogen and oxygen atoms in total. The summed E-state index contributed by atoms with van der Waals surface area (Å²) in [4.78, 5) is 1.78. The first-order valence-electron chi connectivity index (χ1n) is 9.81. The predicted molar refractivity (Wildman–Crippen MR) is 120 cm³/mol. The maximum absolute atomic E-state index is 8.00. The smallest absolute Gasteiger partial charge is 0.193 e. The summed E-state index contributed by atoms with van der Waals surface area (Å²) in [5, 5.41) is 8.00. The van der Waals surface area contributed by atoms with Gasteiger partial charge < -0.3 is 15.4 Å². The molecule has 0 saturated carbocycles. The van der Waals surface area contributed by atoms with E-state index in [9.17, 15) is 0 Å². The molecule has 150 valence electrons. The number of nitrogens with two attached hydrogens (primary N) is 1. The summed E-state index contributed by atoms with van der Waals surface area (Å²) >= 11 is 0. The standard InChI is InChI=1S/C25H29N3O/c1-25(2,3)21-11-9-19(10-12-21)17-28(24(26)27)22-13-15-23(16-14-22)29-18-20-7-5-4-6-8-20/h4-16H,17-18H2,1-3H3,(H3,26,27). The molecular weight excluding hydrogens is 358 g/mol. The Labute approximate surface area is 173 Å². The van der Waals surface area contributed by atoms with Gasteiger partial charge in [-0.2, -0.15) is 0 Å². The van der Waals surface area contributed by atoms with Crippen LogP contribution in [0.25, 0.3) is 0 Å². The van der Waals surface area contributed by atoms with Crippen LogP contribution in [0.15, 0.2) is 78.9 Å². The van der Waals surface area contributed by atoms with Crippen LogP contribution in [-0.4, -0.2) is 5.96 Å². The predicted octanol–water partition coefficient (Wildman–Crippen LogP) is 5.46. The van der Waals surface area contributed by atoms with Crippen molar-refractivity contribution in [1.82, 2.24) is 0 Å². The van der Waals surface area contributed by atoms with Crippen molar-refractivity contribution in [1.29, 1.82) is 5.41 Å². The van der Waals surface area contributed by atoms with Crippen LogP contribution in [0.1, 0.15) is 37.5 Å². The van der Waals surface area contributed by atoms with Crippen molar-refractivity contribution in [2.45, 2.75) is 39.3 Å². The van der Waals surface area contributed by atoms with Crippen molar-refractivity contribution < 1.29 is 4.74 Å². The van der Waals surface area contributed by atoms with Gasteiger partial charge in [0.2, 0.25) is 0 Å². The summed E-state index contributed by atoms with van der Waals surface area (Å²) in [7, 11) is 0. The van der Waals surface area contributed by atoms with E-state index < -0.39 is 0 Å². The molecule has 0 atom stereocenters. The molecule has 0 unspecified atom stereocenters. The molecule has 0 heterocycles. The van der Waals surface area contributed by atoms with Gasteiger partial charge in [0.1, 0.15) is 12.4 Å². The van der Waals surface area contributed by atoms with Crippen LogP contribution < -0.4 is 15.4 Å². The van der Waals surface area contributed by atoms with E-state index in [1.807, 2.05) is 54.6 Å². The Morgan fingerprint density at radius 1 is 0.862 bits per heavy atom. The van der Waals surface area contributed by atoms with E-state index in [4.69, 9.17) is 15.9 Å². The Hall–Kier alpha value is -3.27. The Kier molecular flexibility index (Phi) is 6.23. The number of anilines is 1. The highest BCUT2D eigenvalue weighted by Crippen LogP contribution is 2.25. The normalized spacial score (nSPS) is 11.1. The van der Waals surface area contributed by atoms with Crippen LogP contribution in [0, 0.1) is 5.41 Å². The summed E-state index contributed by atoms with van der Waals surface area (Å²) in [6.07, 6.45) is 0. The molecule has 0 radical (unpaired) electrons. The molecule has 3 N–H and O–H groups in total. The average Bonchev–Trinajstić information content (AvgIpc) is 2.71. The lowest BCUT2D eigenvalue weighted by Gasteiger charge is -2.24. The third kappa shape index (κ3) is 5.61. The molecule has 0 aliphatic heterocycles. The Morgan fingerprint density at radius 2 is 1.48 bits per heavy atom. The molecule has 0 saturated heterocycles. The highest BCUT2D eigenvalue weighted by Gasteiger charge is 2.15. The molecule has 0 amide bonds. The van der Waals surface area contributed by atoms with E-state index in [1.165, 1.54) is 5.56 Å². The number of guanidine groups is 1. The monoisotopic (exact) mass is 387 g/mol. The van der Waals surface area contributed by atoms with Gasteiger partial charge in [0.05, 0.1) is 6.54 Å². The number of hydrogen-bond acceptors (Lipinski definition) is 2. The van der Waals surface area contributed by atoms with Gasteiger partial charge >= 0.3 is 0 Å². The van der Waals surface area contributed by atoms with Crippen molar-refractivity contribution in [3.8, 4) is 5.75 Å². The van der Waals surface area contributed by atoms with Crippen molar-refractivity contribution >= 4 is 11.6 Å². The highest BCUT2D eigenvalue weighted by molar-refractivity contribution is 5.92. The molecule has 0 fully saturated rings. The maximum Gasteiger partial charge on any atom is 0.193 e. The Morgan fingerprint density at radius 3 is 2.03 bits per heavy atom. The number of rotatable bonds is 6. The first kappa shape index (κ1) is 20.5. The molecule has 29 heavy (non-hydrogen) atoms. The molecule has 0 bridgehead atoms. The first-order valence-corrected chi connectivity index (χ1v) is 9.81. The van der Waals surface area contributed by atoms with Crippen LogP contribution in [0.4, 0.5) is 5.69 Å². The number of benzene rings is 3. The minimum Gasteiger partial charge on any atom is -0.489 e. The fraction of sp³-hybridized carbons (Fsp3) is 0.240. The van der Waals surface area contributed by atoms with Crippen LogP contribution in [0.2, 0.25) is 0 Å². The summed E-state index contributed by atoms with van der Waals surface area (Å²) in [5.41, 5.74) is 10.4. The van der Waals surface area contributed by atoms with Crippen molar-refractivity contribution in [2.24, 2.45) is 5.73 Å². The zero-order chi connectivity index (χ0) is 20.9. The maximum atomic E-state index is 8.00. The van der Waals surface area contributed by atoms with Crippen molar-refractivity contribution in [3.63, 3.8) is 0 Å². The second-order valence-corrected chi connectivity index (χ2v) is 8.19. The minimum absolute atomic E-state index is 0.0165. The minimum atomic E-state index is 0.0165. The zero-order valence-corrected chi connectivity index (χ0v) is 17.4. The quantitative estimate of drug-likeness (QED) is 0.436. The van der Waals surface area contributed by atoms with Crippen LogP contribution in [0.5, 0.6) is 5.75 Å². The van der Waals surface area contributed by atoms with Crippen LogP contribution in [0.3, 0.4) is 0 Å². The Bertz CT molecular complexity index is 927. The molecule has 3 aromatic carbocycles. The SMILES string of the molecule is CC(C)(C)c1ccc(CN(C(=N)N)c2ccc(OCc3ccccc3)cc2)cc1. The Balaban J connectivity index is 1.68. The van der Waals surface area contributed by atoms with E-state index in [0.29, 0.717) is 13.2 Å². The van der Waals surface area contributed by atoms with E-state index in [-0.39, 0.29) is 11.4 Å². The second kappa shape index (κ2) is 8.82. The summed E-state index contributed by atoms with van der Waals surface area (Å²) < 4.78 is 5.85. The summed E-state index contributed by atoms with van der Waals surface area (Å²) in [6.45, 7) is 7.67. The zero-order valence-electron chi connectivity index (χ0n) is 17.4. The summed E-state index contributed by atoms with van der Waals surface area (Å²) in [6, 6.07) is 26.3. The van der Waals surface area contributed by atoms with Gasteiger partial charge in [-0.3, -0.25) is 5.41 Å². The van der Waals surface area contributed by atoms with Gasteiger partial charge in [-0.25, -0.2) is 0 Å². The first-order chi connectivity index (χ1) is 13.8. The van der Waals surface area contributed by atoms with Gasteiger partial charge in [-0.1, -0.05) is 75.4 Å².